The summed E-state index contributed by atoms with van der Waals surface area (Å²) in [6, 6.07) is 4.67. The highest BCUT2D eigenvalue weighted by molar-refractivity contribution is 9.10. The molecular formula is C9H10BrFN2O. The van der Waals surface area contributed by atoms with Gasteiger partial charge in [-0.05, 0) is 18.2 Å². The van der Waals surface area contributed by atoms with E-state index >= 15 is 0 Å². The molecule has 0 saturated heterocycles. The first-order chi connectivity index (χ1) is 6.59. The van der Waals surface area contributed by atoms with Gasteiger partial charge in [-0.1, -0.05) is 15.9 Å². The Balaban J connectivity index is 2.55. The molecule has 76 valence electrons. The first kappa shape index (κ1) is 11.0. The third-order valence-electron chi connectivity index (χ3n) is 1.62. The molecule has 0 atom stereocenters. The van der Waals surface area contributed by atoms with Crippen LogP contribution >= 0.6 is 15.9 Å². The zero-order valence-corrected chi connectivity index (χ0v) is 8.97. The molecule has 1 rings (SSSR count). The second-order valence-electron chi connectivity index (χ2n) is 2.77. The molecule has 1 aromatic rings. The summed E-state index contributed by atoms with van der Waals surface area (Å²) in [6.45, 7) is 0.341. The van der Waals surface area contributed by atoms with Crippen LogP contribution in [0.5, 0.6) is 0 Å². The maximum atomic E-state index is 13.2. The van der Waals surface area contributed by atoms with Crippen LogP contribution in [0.3, 0.4) is 0 Å². The van der Waals surface area contributed by atoms with Crippen LogP contribution in [0.4, 0.5) is 10.1 Å². The van der Waals surface area contributed by atoms with Gasteiger partial charge < -0.3 is 11.1 Å². The highest BCUT2D eigenvalue weighted by Crippen LogP contribution is 2.18. The van der Waals surface area contributed by atoms with E-state index in [9.17, 15) is 9.18 Å². The van der Waals surface area contributed by atoms with Gasteiger partial charge >= 0.3 is 0 Å². The lowest BCUT2D eigenvalue weighted by atomic mass is 10.3. The van der Waals surface area contributed by atoms with Gasteiger partial charge in [-0.3, -0.25) is 4.79 Å². The van der Waals surface area contributed by atoms with Crippen molar-refractivity contribution < 1.29 is 9.18 Å². The Labute approximate surface area is 89.6 Å². The second-order valence-corrected chi connectivity index (χ2v) is 3.68. The number of carbonyl (C=O) groups is 1. The van der Waals surface area contributed by atoms with Gasteiger partial charge in [0.1, 0.15) is 5.82 Å². The van der Waals surface area contributed by atoms with Gasteiger partial charge in [-0.15, -0.1) is 0 Å². The molecular weight excluding hydrogens is 251 g/mol. The summed E-state index contributed by atoms with van der Waals surface area (Å²) in [4.78, 5) is 10.4. The van der Waals surface area contributed by atoms with Crippen molar-refractivity contribution in [3.05, 3.63) is 28.5 Å². The van der Waals surface area contributed by atoms with Gasteiger partial charge in [0.15, 0.2) is 0 Å². The number of carbonyl (C=O) groups excluding carboxylic acids is 1. The maximum absolute atomic E-state index is 13.2. The molecule has 0 aromatic heterocycles. The fourth-order valence-corrected chi connectivity index (χ4v) is 1.29. The molecule has 0 unspecified atom stereocenters. The van der Waals surface area contributed by atoms with Gasteiger partial charge in [-0.2, -0.15) is 0 Å². The minimum Gasteiger partial charge on any atom is -0.382 e. The first-order valence-electron chi connectivity index (χ1n) is 4.07. The van der Waals surface area contributed by atoms with Gasteiger partial charge in [0.25, 0.3) is 0 Å². The van der Waals surface area contributed by atoms with Crippen LogP contribution in [0.25, 0.3) is 0 Å². The zero-order valence-electron chi connectivity index (χ0n) is 7.39. The van der Waals surface area contributed by atoms with Crippen molar-refractivity contribution in [1.82, 2.24) is 0 Å². The summed E-state index contributed by atoms with van der Waals surface area (Å²) < 4.78 is 13.8. The van der Waals surface area contributed by atoms with Crippen LogP contribution < -0.4 is 11.1 Å². The number of amides is 1. The Hall–Kier alpha value is -1.10. The smallest absolute Gasteiger partial charge is 0.219 e. The largest absolute Gasteiger partial charge is 0.382 e. The minimum absolute atomic E-state index is 0.190. The summed E-state index contributed by atoms with van der Waals surface area (Å²) in [6.07, 6.45) is 0.190. The predicted molar refractivity (Wildman–Crippen MR) is 56.4 cm³/mol. The molecule has 0 radical (unpaired) electrons. The molecule has 1 aromatic carbocycles. The molecule has 0 heterocycles. The molecule has 0 aliphatic heterocycles. The molecule has 0 fully saturated rings. The van der Waals surface area contributed by atoms with Crippen LogP contribution in [-0.2, 0) is 4.79 Å². The van der Waals surface area contributed by atoms with Crippen molar-refractivity contribution in [1.29, 1.82) is 0 Å². The van der Waals surface area contributed by atoms with Gasteiger partial charge in [-0.25, -0.2) is 4.39 Å². The normalized spacial score (nSPS) is 9.86. The van der Waals surface area contributed by atoms with Crippen molar-refractivity contribution in [2.75, 3.05) is 11.9 Å². The van der Waals surface area contributed by atoms with Crippen molar-refractivity contribution in [3.8, 4) is 0 Å². The number of halogens is 2. The summed E-state index contributed by atoms with van der Waals surface area (Å²) >= 11 is 3.15. The van der Waals surface area contributed by atoms with Gasteiger partial charge in [0.2, 0.25) is 5.91 Å². The molecule has 0 aliphatic carbocycles. The third-order valence-corrected chi connectivity index (χ3v) is 2.11. The van der Waals surface area contributed by atoms with E-state index in [1.807, 2.05) is 0 Å². The SMILES string of the molecule is NC(=O)CCNc1ccc(Br)cc1F. The Kier molecular flexibility index (Phi) is 3.88. The quantitative estimate of drug-likeness (QED) is 0.869. The molecule has 0 saturated carbocycles. The van der Waals surface area contributed by atoms with Crippen molar-refractivity contribution in [3.63, 3.8) is 0 Å². The summed E-state index contributed by atoms with van der Waals surface area (Å²) in [7, 11) is 0. The fraction of sp³-hybridized carbons (Fsp3) is 0.222. The number of benzene rings is 1. The molecule has 3 nitrogen and oxygen atoms in total. The van der Waals surface area contributed by atoms with E-state index in [1.54, 1.807) is 12.1 Å². The lowest BCUT2D eigenvalue weighted by Gasteiger charge is -2.05. The Morgan fingerprint density at radius 1 is 1.57 bits per heavy atom. The van der Waals surface area contributed by atoms with Crippen LogP contribution in [0.1, 0.15) is 6.42 Å². The van der Waals surface area contributed by atoms with Crippen molar-refractivity contribution in [2.24, 2.45) is 5.73 Å². The number of hydrogen-bond donors (Lipinski definition) is 2. The molecule has 0 spiro atoms. The molecule has 0 bridgehead atoms. The molecule has 3 N–H and O–H groups in total. The third kappa shape index (κ3) is 3.33. The van der Waals surface area contributed by atoms with E-state index in [-0.39, 0.29) is 12.2 Å². The topological polar surface area (TPSA) is 55.1 Å². The van der Waals surface area contributed by atoms with Crippen LogP contribution in [0.2, 0.25) is 0 Å². The average molecular weight is 261 g/mol. The molecule has 1 amide bonds. The summed E-state index contributed by atoms with van der Waals surface area (Å²) in [5.74, 6) is -0.765. The Bertz CT molecular complexity index is 344. The number of anilines is 1. The summed E-state index contributed by atoms with van der Waals surface area (Å²) in [5, 5.41) is 2.77. The highest BCUT2D eigenvalue weighted by atomic mass is 79.9. The van der Waals surface area contributed by atoms with E-state index in [0.717, 1.165) is 0 Å². The number of nitrogens with one attached hydrogen (secondary N) is 1. The molecule has 5 heteroatoms. The molecule has 14 heavy (non-hydrogen) atoms. The highest BCUT2D eigenvalue weighted by Gasteiger charge is 2.02. The van der Waals surface area contributed by atoms with E-state index in [1.165, 1.54) is 6.07 Å². The lowest BCUT2D eigenvalue weighted by molar-refractivity contribution is -0.117. The average Bonchev–Trinajstić information content (AvgIpc) is 2.08. The predicted octanol–water partition coefficient (Wildman–Crippen LogP) is 1.88. The number of rotatable bonds is 4. The molecule has 0 aliphatic rings. The number of nitrogens with two attached hydrogens (primary N) is 1. The first-order valence-corrected chi connectivity index (χ1v) is 4.86. The minimum atomic E-state index is -0.407. The monoisotopic (exact) mass is 260 g/mol. The van der Waals surface area contributed by atoms with Crippen LogP contribution in [-0.4, -0.2) is 12.5 Å². The Morgan fingerprint density at radius 3 is 2.86 bits per heavy atom. The fourth-order valence-electron chi connectivity index (χ4n) is 0.953. The van der Waals surface area contributed by atoms with Gasteiger partial charge in [0, 0.05) is 17.4 Å². The van der Waals surface area contributed by atoms with E-state index < -0.39 is 5.91 Å². The van der Waals surface area contributed by atoms with Gasteiger partial charge in [0.05, 0.1) is 5.69 Å². The standard InChI is InChI=1S/C9H10BrFN2O/c10-6-1-2-8(7(11)5-6)13-4-3-9(12)14/h1-2,5,13H,3-4H2,(H2,12,14). The van der Waals surface area contributed by atoms with E-state index in [2.05, 4.69) is 21.2 Å². The Morgan fingerprint density at radius 2 is 2.29 bits per heavy atom. The lowest BCUT2D eigenvalue weighted by Crippen LogP contribution is -2.16. The van der Waals surface area contributed by atoms with E-state index in [4.69, 9.17) is 5.73 Å². The second kappa shape index (κ2) is 4.95. The number of primary amides is 1. The summed E-state index contributed by atoms with van der Waals surface area (Å²) in [5.41, 5.74) is 5.31. The van der Waals surface area contributed by atoms with Crippen molar-refractivity contribution >= 4 is 27.5 Å². The van der Waals surface area contributed by atoms with E-state index in [0.29, 0.717) is 16.7 Å². The zero-order chi connectivity index (χ0) is 10.6. The van der Waals surface area contributed by atoms with Crippen LogP contribution in [0.15, 0.2) is 22.7 Å². The maximum Gasteiger partial charge on any atom is 0.219 e. The number of hydrogen-bond acceptors (Lipinski definition) is 2. The van der Waals surface area contributed by atoms with Crippen molar-refractivity contribution in [2.45, 2.75) is 6.42 Å². The van der Waals surface area contributed by atoms with Crippen LogP contribution in [0, 0.1) is 5.82 Å².